The maximum absolute atomic E-state index is 13.3. The fourth-order valence-corrected chi connectivity index (χ4v) is 4.43. The van der Waals surface area contributed by atoms with Crippen LogP contribution in [0.1, 0.15) is 11.6 Å². The lowest BCUT2D eigenvalue weighted by atomic mass is 10.1. The first-order valence-electron chi connectivity index (χ1n) is 8.37. The molecule has 2 aromatic carbocycles. The Morgan fingerprint density at radius 1 is 1.07 bits per heavy atom. The van der Waals surface area contributed by atoms with Gasteiger partial charge in [-0.1, -0.05) is 59.6 Å². The van der Waals surface area contributed by atoms with Crippen molar-refractivity contribution < 1.29 is 9.90 Å². The lowest BCUT2D eigenvalue weighted by molar-refractivity contribution is -0.139. The number of carboxylic acids is 1. The second-order valence-electron chi connectivity index (χ2n) is 6.24. The molecule has 0 spiro atoms. The fraction of sp³-hybridized carbons (Fsp3) is 0.0500. The van der Waals surface area contributed by atoms with Gasteiger partial charge in [0.05, 0.1) is 15.4 Å². The van der Waals surface area contributed by atoms with E-state index in [0.717, 1.165) is 4.57 Å². The van der Waals surface area contributed by atoms with Gasteiger partial charge in [-0.25, -0.2) is 14.2 Å². The van der Waals surface area contributed by atoms with Crippen molar-refractivity contribution in [3.63, 3.8) is 0 Å². The van der Waals surface area contributed by atoms with Crippen LogP contribution >= 0.6 is 34.5 Å². The molecular formula is C20H12Cl2N2O4S. The standard InChI is InChI=1S/C20H12Cl2N2O4S/c21-13-7-6-11(8-14(13)22)12-9-29-17-15(12)18(25)24(20(28)23-17)16(19(26)27)10-4-2-1-3-5-10/h1-9,16H,(H,23,28)(H,26,27). The number of rotatable bonds is 4. The molecule has 1 unspecified atom stereocenters. The largest absolute Gasteiger partial charge is 0.479 e. The first-order chi connectivity index (χ1) is 13.9. The van der Waals surface area contributed by atoms with E-state index in [0.29, 0.717) is 31.6 Å². The van der Waals surface area contributed by atoms with E-state index in [1.165, 1.54) is 11.3 Å². The molecular weight excluding hydrogens is 435 g/mol. The van der Waals surface area contributed by atoms with Gasteiger partial charge in [0.1, 0.15) is 4.83 Å². The summed E-state index contributed by atoms with van der Waals surface area (Å²) in [6.45, 7) is 0. The zero-order valence-electron chi connectivity index (χ0n) is 14.6. The molecule has 1 atom stereocenters. The van der Waals surface area contributed by atoms with E-state index >= 15 is 0 Å². The number of halogens is 2. The Kier molecular flexibility index (Phi) is 5.04. The normalized spacial score (nSPS) is 12.2. The molecule has 9 heteroatoms. The van der Waals surface area contributed by atoms with Gasteiger partial charge in [-0.3, -0.25) is 9.78 Å². The number of aromatic amines is 1. The molecule has 2 N–H and O–H groups in total. The van der Waals surface area contributed by atoms with Crippen LogP contribution in [0.5, 0.6) is 0 Å². The van der Waals surface area contributed by atoms with Crippen LogP contribution in [0.2, 0.25) is 10.0 Å². The summed E-state index contributed by atoms with van der Waals surface area (Å²) >= 11 is 13.3. The molecule has 0 saturated heterocycles. The number of fused-ring (bicyclic) bond motifs is 1. The third-order valence-corrected chi connectivity index (χ3v) is 6.14. The van der Waals surface area contributed by atoms with E-state index in [1.807, 2.05) is 0 Å². The van der Waals surface area contributed by atoms with Gasteiger partial charge >= 0.3 is 11.7 Å². The first-order valence-corrected chi connectivity index (χ1v) is 10.0. The third-order valence-electron chi connectivity index (χ3n) is 4.50. The van der Waals surface area contributed by atoms with Gasteiger partial charge in [0, 0.05) is 10.9 Å². The summed E-state index contributed by atoms with van der Waals surface area (Å²) in [4.78, 5) is 40.9. The molecule has 0 aliphatic rings. The summed E-state index contributed by atoms with van der Waals surface area (Å²) in [7, 11) is 0. The highest BCUT2D eigenvalue weighted by Crippen LogP contribution is 2.34. The number of carbonyl (C=O) groups is 1. The third kappa shape index (κ3) is 3.37. The van der Waals surface area contributed by atoms with Crippen LogP contribution in [-0.2, 0) is 4.79 Å². The van der Waals surface area contributed by atoms with E-state index in [1.54, 1.807) is 53.9 Å². The average Bonchev–Trinajstić information content (AvgIpc) is 3.11. The number of nitrogens with zero attached hydrogens (tertiary/aromatic N) is 1. The smallest absolute Gasteiger partial charge is 0.331 e. The van der Waals surface area contributed by atoms with E-state index in [4.69, 9.17) is 23.2 Å². The quantitative estimate of drug-likeness (QED) is 0.485. The highest BCUT2D eigenvalue weighted by molar-refractivity contribution is 7.17. The summed E-state index contributed by atoms with van der Waals surface area (Å²) in [5, 5.41) is 12.4. The number of carboxylic acid groups (broad SMARTS) is 1. The maximum atomic E-state index is 13.3. The van der Waals surface area contributed by atoms with Crippen molar-refractivity contribution in [2.24, 2.45) is 0 Å². The minimum atomic E-state index is -1.46. The number of hydrogen-bond acceptors (Lipinski definition) is 4. The predicted octanol–water partition coefficient (Wildman–Crippen LogP) is 4.40. The van der Waals surface area contributed by atoms with Crippen LogP contribution in [0, 0.1) is 0 Å². The monoisotopic (exact) mass is 446 g/mol. The Labute approximate surface area is 177 Å². The van der Waals surface area contributed by atoms with Gasteiger partial charge in [-0.05, 0) is 23.3 Å². The number of thiophene rings is 1. The SMILES string of the molecule is O=C(O)C(c1ccccc1)n1c(=O)[nH]c2scc(-c3ccc(Cl)c(Cl)c3)c2c1=O. The molecule has 0 amide bonds. The lowest BCUT2D eigenvalue weighted by Gasteiger charge is -2.15. The van der Waals surface area contributed by atoms with Gasteiger partial charge in [0.15, 0.2) is 6.04 Å². The Morgan fingerprint density at radius 3 is 2.45 bits per heavy atom. The Balaban J connectivity index is 2.01. The molecule has 2 aromatic heterocycles. The summed E-state index contributed by atoms with van der Waals surface area (Å²) in [6.07, 6.45) is 0. The fourth-order valence-electron chi connectivity index (χ4n) is 3.18. The van der Waals surface area contributed by atoms with Crippen molar-refractivity contribution in [1.82, 2.24) is 9.55 Å². The van der Waals surface area contributed by atoms with Gasteiger partial charge in [0.25, 0.3) is 5.56 Å². The second-order valence-corrected chi connectivity index (χ2v) is 7.93. The molecule has 0 fully saturated rings. The molecule has 29 heavy (non-hydrogen) atoms. The number of aliphatic carboxylic acids is 1. The molecule has 0 radical (unpaired) electrons. The van der Waals surface area contributed by atoms with Crippen molar-refractivity contribution >= 4 is 50.7 Å². The predicted molar refractivity (Wildman–Crippen MR) is 114 cm³/mol. The molecule has 0 aliphatic carbocycles. The average molecular weight is 447 g/mol. The zero-order valence-corrected chi connectivity index (χ0v) is 16.9. The molecule has 0 saturated carbocycles. The molecule has 4 aromatic rings. The first kappa shape index (κ1) is 19.4. The van der Waals surface area contributed by atoms with Gasteiger partial charge in [0.2, 0.25) is 0 Å². The number of hydrogen-bond donors (Lipinski definition) is 2. The van der Waals surface area contributed by atoms with E-state index < -0.39 is 23.3 Å². The summed E-state index contributed by atoms with van der Waals surface area (Å²) in [6, 6.07) is 11.6. The molecule has 0 aliphatic heterocycles. The molecule has 146 valence electrons. The van der Waals surface area contributed by atoms with E-state index in [9.17, 15) is 19.5 Å². The van der Waals surface area contributed by atoms with E-state index in [-0.39, 0.29) is 5.39 Å². The molecule has 6 nitrogen and oxygen atoms in total. The van der Waals surface area contributed by atoms with Crippen LogP contribution in [0.15, 0.2) is 63.5 Å². The minimum Gasteiger partial charge on any atom is -0.479 e. The molecule has 2 heterocycles. The highest BCUT2D eigenvalue weighted by Gasteiger charge is 2.27. The summed E-state index contributed by atoms with van der Waals surface area (Å²) in [5.74, 6) is -1.31. The van der Waals surface area contributed by atoms with Crippen molar-refractivity contribution in [2.45, 2.75) is 6.04 Å². The molecule has 0 bridgehead atoms. The zero-order chi connectivity index (χ0) is 20.7. The maximum Gasteiger partial charge on any atom is 0.331 e. The minimum absolute atomic E-state index is 0.218. The Hall–Kier alpha value is -2.87. The summed E-state index contributed by atoms with van der Waals surface area (Å²) in [5.41, 5.74) is 0.00517. The van der Waals surface area contributed by atoms with Gasteiger partial charge in [-0.2, -0.15) is 0 Å². The van der Waals surface area contributed by atoms with Crippen LogP contribution in [-0.4, -0.2) is 20.6 Å². The van der Waals surface area contributed by atoms with Crippen LogP contribution in [0.25, 0.3) is 21.3 Å². The highest BCUT2D eigenvalue weighted by atomic mass is 35.5. The second kappa shape index (κ2) is 7.51. The number of benzene rings is 2. The Morgan fingerprint density at radius 2 is 1.79 bits per heavy atom. The number of aromatic nitrogens is 2. The van der Waals surface area contributed by atoms with Crippen molar-refractivity contribution in [3.8, 4) is 11.1 Å². The molecule has 4 rings (SSSR count). The topological polar surface area (TPSA) is 92.2 Å². The van der Waals surface area contributed by atoms with Crippen molar-refractivity contribution in [1.29, 1.82) is 0 Å². The van der Waals surface area contributed by atoms with Crippen molar-refractivity contribution in [2.75, 3.05) is 0 Å². The van der Waals surface area contributed by atoms with Crippen molar-refractivity contribution in [3.05, 3.63) is 90.4 Å². The van der Waals surface area contributed by atoms with Gasteiger partial charge in [-0.15, -0.1) is 11.3 Å². The Bertz CT molecular complexity index is 1360. The lowest BCUT2D eigenvalue weighted by Crippen LogP contribution is -2.41. The van der Waals surface area contributed by atoms with Crippen LogP contribution in [0.3, 0.4) is 0 Å². The number of H-pyrrole nitrogens is 1. The summed E-state index contributed by atoms with van der Waals surface area (Å²) < 4.78 is 0.730. The van der Waals surface area contributed by atoms with Crippen LogP contribution in [0.4, 0.5) is 0 Å². The van der Waals surface area contributed by atoms with E-state index in [2.05, 4.69) is 4.98 Å². The van der Waals surface area contributed by atoms with Gasteiger partial charge < -0.3 is 5.11 Å². The van der Waals surface area contributed by atoms with Crippen LogP contribution < -0.4 is 11.2 Å². The number of nitrogens with one attached hydrogen (secondary N) is 1.